The van der Waals surface area contributed by atoms with Gasteiger partial charge in [0.2, 0.25) is 0 Å². The lowest BCUT2D eigenvalue weighted by Crippen LogP contribution is -2.43. The van der Waals surface area contributed by atoms with Crippen molar-refractivity contribution in [1.29, 1.82) is 0 Å². The molecule has 2 aromatic heterocycles. The molecule has 1 saturated carbocycles. The van der Waals surface area contributed by atoms with E-state index in [4.69, 9.17) is 14.6 Å². The Hall–Kier alpha value is -3.15. The first-order chi connectivity index (χ1) is 15.2. The maximum Gasteiger partial charge on any atom is 0.490 e. The van der Waals surface area contributed by atoms with Gasteiger partial charge in [0.25, 0.3) is 0 Å². The number of halogens is 3. The van der Waals surface area contributed by atoms with Gasteiger partial charge >= 0.3 is 18.2 Å². The average molecular weight is 455 g/mol. The average Bonchev–Trinajstić information content (AvgIpc) is 3.49. The van der Waals surface area contributed by atoms with Crippen molar-refractivity contribution in [3.8, 4) is 0 Å². The molecule has 2 amide bonds. The number of carboxylic acid groups (broad SMARTS) is 1. The van der Waals surface area contributed by atoms with Crippen LogP contribution >= 0.6 is 0 Å². The first kappa shape index (κ1) is 23.5. The third-order valence-corrected chi connectivity index (χ3v) is 4.83. The number of rotatable bonds is 5. The van der Waals surface area contributed by atoms with Crippen molar-refractivity contribution < 1.29 is 32.6 Å². The van der Waals surface area contributed by atoms with Gasteiger partial charge in [-0.05, 0) is 25.0 Å². The van der Waals surface area contributed by atoms with Crippen LogP contribution < -0.4 is 5.32 Å². The Morgan fingerprint density at radius 3 is 2.56 bits per heavy atom. The number of carbonyl (C=O) groups is 2. The zero-order chi connectivity index (χ0) is 23.1. The summed E-state index contributed by atoms with van der Waals surface area (Å²) in [6.07, 6.45) is 2.63. The number of hydrogen-bond donors (Lipinski definition) is 2. The van der Waals surface area contributed by atoms with E-state index in [2.05, 4.69) is 19.9 Å². The van der Waals surface area contributed by atoms with E-state index in [1.54, 1.807) is 12.4 Å². The van der Waals surface area contributed by atoms with Crippen molar-refractivity contribution in [3.05, 3.63) is 48.3 Å². The molecule has 2 aliphatic rings. The topological polar surface area (TPSA) is 110 Å². The number of aromatic nitrogens is 3. The van der Waals surface area contributed by atoms with Gasteiger partial charge in [-0.25, -0.2) is 14.6 Å². The number of fused-ring (bicyclic) bond motifs is 1. The summed E-state index contributed by atoms with van der Waals surface area (Å²) in [5.74, 6) is -1.60. The maximum absolute atomic E-state index is 12.5. The molecule has 1 aliphatic heterocycles. The summed E-state index contributed by atoms with van der Waals surface area (Å²) in [5, 5.41) is 10.2. The normalized spacial score (nSPS) is 18.1. The Kier molecular flexibility index (Phi) is 7.67. The van der Waals surface area contributed by atoms with Crippen LogP contribution in [0.4, 0.5) is 18.0 Å². The lowest BCUT2D eigenvalue weighted by atomic mass is 10.1. The van der Waals surface area contributed by atoms with Crippen LogP contribution in [0, 0.1) is 5.92 Å². The zero-order valence-corrected chi connectivity index (χ0v) is 17.2. The summed E-state index contributed by atoms with van der Waals surface area (Å²) in [5.41, 5.74) is 0.919. The predicted molar refractivity (Wildman–Crippen MR) is 105 cm³/mol. The Morgan fingerprint density at radius 2 is 1.94 bits per heavy atom. The first-order valence-electron chi connectivity index (χ1n) is 10.1. The molecule has 1 atom stereocenters. The van der Waals surface area contributed by atoms with E-state index in [9.17, 15) is 18.0 Å². The number of urea groups is 1. The summed E-state index contributed by atoms with van der Waals surface area (Å²) >= 11 is 0. The van der Waals surface area contributed by atoms with Gasteiger partial charge in [-0.2, -0.15) is 13.2 Å². The monoisotopic (exact) mass is 455 g/mol. The molecule has 2 N–H and O–H groups in total. The van der Waals surface area contributed by atoms with Crippen molar-refractivity contribution in [1.82, 2.24) is 24.8 Å². The van der Waals surface area contributed by atoms with Crippen molar-refractivity contribution in [2.45, 2.75) is 44.8 Å². The number of alkyl halides is 3. The van der Waals surface area contributed by atoms with Crippen LogP contribution in [0.3, 0.4) is 0 Å². The lowest BCUT2D eigenvalue weighted by molar-refractivity contribution is -0.192. The van der Waals surface area contributed by atoms with Gasteiger partial charge in [0.05, 0.1) is 25.5 Å². The largest absolute Gasteiger partial charge is 0.490 e. The number of nitrogens with zero attached hydrogens (tertiary/aromatic N) is 4. The van der Waals surface area contributed by atoms with Gasteiger partial charge in [-0.15, -0.1) is 0 Å². The highest BCUT2D eigenvalue weighted by Gasteiger charge is 2.38. The zero-order valence-electron chi connectivity index (χ0n) is 17.2. The van der Waals surface area contributed by atoms with Crippen molar-refractivity contribution >= 4 is 12.0 Å². The number of imidazole rings is 1. The minimum Gasteiger partial charge on any atom is -0.475 e. The number of hydrogen-bond acceptors (Lipinski definition) is 5. The molecule has 0 radical (unpaired) electrons. The fourth-order valence-electron chi connectivity index (χ4n) is 3.11. The van der Waals surface area contributed by atoms with E-state index < -0.39 is 12.1 Å². The molecule has 2 aromatic rings. The van der Waals surface area contributed by atoms with Crippen LogP contribution in [0.1, 0.15) is 24.4 Å². The van der Waals surface area contributed by atoms with Crippen molar-refractivity contribution in [2.24, 2.45) is 5.92 Å². The second-order valence-electron chi connectivity index (χ2n) is 7.61. The van der Waals surface area contributed by atoms with Crippen LogP contribution in [0.2, 0.25) is 0 Å². The highest BCUT2D eigenvalue weighted by atomic mass is 19.4. The smallest absolute Gasteiger partial charge is 0.475 e. The number of nitrogens with one attached hydrogen (secondary N) is 1. The molecular weight excluding hydrogens is 431 g/mol. The summed E-state index contributed by atoms with van der Waals surface area (Å²) < 4.78 is 39.7. The predicted octanol–water partition coefficient (Wildman–Crippen LogP) is 2.43. The van der Waals surface area contributed by atoms with Gasteiger partial charge < -0.3 is 24.6 Å². The summed E-state index contributed by atoms with van der Waals surface area (Å²) in [7, 11) is 0. The third kappa shape index (κ3) is 7.22. The SMILES string of the molecule is O=C(NC1CC1)N1Cc2nccn2CC(COCc2ccccn2)C1.O=C(O)C(F)(F)F. The number of aliphatic carboxylic acids is 1. The standard InChI is InChI=1S/C18H23N5O2.C2HF3O2/c24-18(21-15-4-5-15)23-10-14(9-22-8-7-20-17(22)11-23)12-25-13-16-3-1-2-6-19-16;3-2(4,5)1(6)7/h1-3,6-8,14-15H,4-5,9-13H2,(H,21,24);(H,6,7). The summed E-state index contributed by atoms with van der Waals surface area (Å²) in [4.78, 5) is 31.9. The first-order valence-corrected chi connectivity index (χ1v) is 10.1. The second kappa shape index (κ2) is 10.4. The summed E-state index contributed by atoms with van der Waals surface area (Å²) in [6, 6.07) is 6.17. The number of amides is 2. The number of ether oxygens (including phenoxy) is 1. The fraction of sp³-hybridized carbons (Fsp3) is 0.500. The van der Waals surface area contributed by atoms with E-state index >= 15 is 0 Å². The van der Waals surface area contributed by atoms with E-state index in [0.29, 0.717) is 32.3 Å². The van der Waals surface area contributed by atoms with E-state index in [0.717, 1.165) is 30.9 Å². The Bertz CT molecular complexity index is 902. The maximum atomic E-state index is 12.5. The molecule has 0 aromatic carbocycles. The van der Waals surface area contributed by atoms with Gasteiger partial charge in [0.1, 0.15) is 5.82 Å². The molecular formula is C20H24F3N5O4. The number of pyridine rings is 1. The molecule has 0 saturated heterocycles. The van der Waals surface area contributed by atoms with Crippen molar-refractivity contribution in [3.63, 3.8) is 0 Å². The number of carbonyl (C=O) groups excluding carboxylic acids is 1. The molecule has 174 valence electrons. The van der Waals surface area contributed by atoms with E-state index in [-0.39, 0.29) is 11.9 Å². The van der Waals surface area contributed by atoms with Crippen LogP contribution in [0.25, 0.3) is 0 Å². The Morgan fingerprint density at radius 1 is 1.19 bits per heavy atom. The highest BCUT2D eigenvalue weighted by molar-refractivity contribution is 5.75. The van der Waals surface area contributed by atoms with Gasteiger partial charge in [-0.1, -0.05) is 6.07 Å². The molecule has 4 rings (SSSR count). The summed E-state index contributed by atoms with van der Waals surface area (Å²) in [6.45, 7) is 3.10. The lowest BCUT2D eigenvalue weighted by Gasteiger charge is -2.24. The minimum atomic E-state index is -5.08. The van der Waals surface area contributed by atoms with Gasteiger partial charge in [0.15, 0.2) is 0 Å². The van der Waals surface area contributed by atoms with Crippen LogP contribution in [0.5, 0.6) is 0 Å². The molecule has 12 heteroatoms. The van der Waals surface area contributed by atoms with E-state index in [1.165, 1.54) is 0 Å². The molecule has 1 unspecified atom stereocenters. The van der Waals surface area contributed by atoms with Gasteiger partial charge in [0, 0.05) is 43.6 Å². The molecule has 3 heterocycles. The third-order valence-electron chi connectivity index (χ3n) is 4.83. The van der Waals surface area contributed by atoms with Gasteiger partial charge in [-0.3, -0.25) is 4.98 Å². The Labute approximate surface area is 182 Å². The van der Waals surface area contributed by atoms with Crippen molar-refractivity contribution in [2.75, 3.05) is 13.2 Å². The molecule has 0 spiro atoms. The van der Waals surface area contributed by atoms with Crippen LogP contribution in [0.15, 0.2) is 36.8 Å². The Balaban J connectivity index is 0.000000360. The highest BCUT2D eigenvalue weighted by Crippen LogP contribution is 2.21. The number of carboxylic acids is 1. The second-order valence-corrected chi connectivity index (χ2v) is 7.61. The van der Waals surface area contributed by atoms with Crippen LogP contribution in [-0.2, 0) is 29.2 Å². The quantitative estimate of drug-likeness (QED) is 0.717. The van der Waals surface area contributed by atoms with Crippen LogP contribution in [-0.4, -0.2) is 61.9 Å². The molecule has 1 aliphatic carbocycles. The molecule has 32 heavy (non-hydrogen) atoms. The molecule has 9 nitrogen and oxygen atoms in total. The molecule has 0 bridgehead atoms. The fourth-order valence-corrected chi connectivity index (χ4v) is 3.11. The van der Waals surface area contributed by atoms with E-state index in [1.807, 2.05) is 29.3 Å². The molecule has 1 fully saturated rings. The minimum absolute atomic E-state index is 0.00803.